The van der Waals surface area contributed by atoms with Crippen molar-refractivity contribution in [1.82, 2.24) is 9.80 Å². The fraction of sp³-hybridized carbons (Fsp3) is 0.500. The number of hydrogen-bond donors (Lipinski definition) is 0. The van der Waals surface area contributed by atoms with Crippen molar-refractivity contribution in [3.8, 4) is 0 Å². The monoisotopic (exact) mass is 434 g/mol. The number of likely N-dealkylation sites (tertiary alicyclic amines) is 2. The third-order valence-electron chi connectivity index (χ3n) is 5.88. The van der Waals surface area contributed by atoms with E-state index < -0.39 is 10.8 Å². The van der Waals surface area contributed by atoms with Crippen LogP contribution in [0.2, 0.25) is 5.02 Å². The summed E-state index contributed by atoms with van der Waals surface area (Å²) < 4.78 is 18.2. The Kier molecular flexibility index (Phi) is 6.73. The first-order chi connectivity index (χ1) is 14.1. The van der Waals surface area contributed by atoms with Crippen LogP contribution >= 0.6 is 11.6 Å². The average Bonchev–Trinajstić information content (AvgIpc) is 3.23. The largest absolute Gasteiger partial charge is 0.455 e. The maximum Gasteiger partial charge on any atom is 0.289 e. The summed E-state index contributed by atoms with van der Waals surface area (Å²) in [6, 6.07) is 11.0. The normalized spacial score (nSPS) is 20.0. The minimum Gasteiger partial charge on any atom is -0.455 e. The van der Waals surface area contributed by atoms with Crippen LogP contribution in [0.15, 0.2) is 45.7 Å². The topological polar surface area (TPSA) is 53.8 Å². The second-order valence-corrected chi connectivity index (χ2v) is 9.72. The molecule has 1 amide bonds. The zero-order valence-corrected chi connectivity index (χ0v) is 18.1. The van der Waals surface area contributed by atoms with E-state index in [-0.39, 0.29) is 11.7 Å². The number of furan rings is 1. The second-order valence-electron chi connectivity index (χ2n) is 7.83. The van der Waals surface area contributed by atoms with E-state index in [1.165, 1.54) is 32.4 Å². The van der Waals surface area contributed by atoms with E-state index in [0.717, 1.165) is 25.9 Å². The molecule has 0 radical (unpaired) electrons. The summed E-state index contributed by atoms with van der Waals surface area (Å²) in [5.74, 6) is 1.08. The molecular weight excluding hydrogens is 408 g/mol. The first kappa shape index (κ1) is 20.6. The summed E-state index contributed by atoms with van der Waals surface area (Å²) in [6.45, 7) is 3.94. The number of benzene rings is 1. The molecule has 2 aliphatic heterocycles. The van der Waals surface area contributed by atoms with E-state index in [9.17, 15) is 9.00 Å². The van der Waals surface area contributed by atoms with Gasteiger partial charge < -0.3 is 14.2 Å². The number of piperidine rings is 2. The molecular formula is C22H27ClN2O3S. The number of hydrogen-bond acceptors (Lipinski definition) is 4. The van der Waals surface area contributed by atoms with Crippen LogP contribution in [0.4, 0.5) is 0 Å². The van der Waals surface area contributed by atoms with Gasteiger partial charge in [0.05, 0.1) is 16.6 Å². The molecule has 156 valence electrons. The number of halogens is 1. The lowest BCUT2D eigenvalue weighted by Gasteiger charge is -2.40. The molecule has 1 aromatic heterocycles. The van der Waals surface area contributed by atoms with Gasteiger partial charge in [-0.2, -0.15) is 0 Å². The summed E-state index contributed by atoms with van der Waals surface area (Å²) in [6.07, 6.45) is 5.99. The molecule has 1 atom stereocenters. The van der Waals surface area contributed by atoms with Crippen molar-refractivity contribution in [3.05, 3.63) is 52.9 Å². The molecule has 2 aliphatic rings. The molecule has 0 spiro atoms. The number of amides is 1. The lowest BCUT2D eigenvalue weighted by atomic mass is 10.00. The molecule has 5 nitrogen and oxygen atoms in total. The van der Waals surface area contributed by atoms with Crippen LogP contribution in [-0.2, 0) is 16.6 Å². The number of carbonyl (C=O) groups is 1. The quantitative estimate of drug-likeness (QED) is 0.702. The van der Waals surface area contributed by atoms with Crippen LogP contribution in [0.5, 0.6) is 0 Å². The molecule has 0 N–H and O–H groups in total. The molecule has 0 saturated carbocycles. The third-order valence-corrected chi connectivity index (χ3v) is 7.48. The number of nitrogens with zero attached hydrogens (tertiary/aromatic N) is 2. The zero-order valence-electron chi connectivity index (χ0n) is 16.5. The second kappa shape index (κ2) is 9.45. The first-order valence-corrected chi connectivity index (χ1v) is 12.1. The predicted octanol–water partition coefficient (Wildman–Crippen LogP) is 4.33. The Morgan fingerprint density at radius 1 is 1.00 bits per heavy atom. The summed E-state index contributed by atoms with van der Waals surface area (Å²) in [7, 11) is -1.24. The molecule has 2 saturated heterocycles. The fourth-order valence-electron chi connectivity index (χ4n) is 4.24. The highest BCUT2D eigenvalue weighted by Crippen LogP contribution is 2.23. The van der Waals surface area contributed by atoms with E-state index in [1.54, 1.807) is 36.4 Å². The van der Waals surface area contributed by atoms with Crippen molar-refractivity contribution in [2.24, 2.45) is 0 Å². The van der Waals surface area contributed by atoms with Gasteiger partial charge in [-0.05, 0) is 75.2 Å². The van der Waals surface area contributed by atoms with Crippen molar-refractivity contribution < 1.29 is 13.4 Å². The van der Waals surface area contributed by atoms with Gasteiger partial charge in [-0.1, -0.05) is 18.0 Å². The van der Waals surface area contributed by atoms with Crippen LogP contribution in [0.1, 0.15) is 48.4 Å². The lowest BCUT2D eigenvalue weighted by Crippen LogP contribution is -2.48. The Morgan fingerprint density at radius 2 is 1.69 bits per heavy atom. The van der Waals surface area contributed by atoms with E-state index in [2.05, 4.69) is 4.90 Å². The summed E-state index contributed by atoms with van der Waals surface area (Å²) in [5, 5.41) is 0.612. The maximum absolute atomic E-state index is 12.8. The average molecular weight is 435 g/mol. The van der Waals surface area contributed by atoms with Gasteiger partial charge in [0.25, 0.3) is 5.91 Å². The van der Waals surface area contributed by atoms with Gasteiger partial charge in [0.1, 0.15) is 5.76 Å². The van der Waals surface area contributed by atoms with Crippen LogP contribution < -0.4 is 0 Å². The Labute approximate surface area is 179 Å². The third kappa shape index (κ3) is 5.11. The molecule has 4 rings (SSSR count). The molecule has 0 unspecified atom stereocenters. The molecule has 1 aromatic carbocycles. The molecule has 3 heterocycles. The first-order valence-electron chi connectivity index (χ1n) is 10.4. The maximum atomic E-state index is 12.8. The molecule has 7 heteroatoms. The summed E-state index contributed by atoms with van der Waals surface area (Å²) in [5.41, 5.74) is 0. The van der Waals surface area contributed by atoms with Gasteiger partial charge in [0.15, 0.2) is 5.76 Å². The zero-order chi connectivity index (χ0) is 20.2. The Hall–Kier alpha value is -1.63. The summed E-state index contributed by atoms with van der Waals surface area (Å²) >= 11 is 5.88. The van der Waals surface area contributed by atoms with Gasteiger partial charge in [-0.25, -0.2) is 0 Å². The highest BCUT2D eigenvalue weighted by atomic mass is 35.5. The van der Waals surface area contributed by atoms with E-state index in [0.29, 0.717) is 27.5 Å². The van der Waals surface area contributed by atoms with Crippen LogP contribution in [0, 0.1) is 0 Å². The molecule has 0 bridgehead atoms. The highest BCUT2D eigenvalue weighted by molar-refractivity contribution is 7.84. The van der Waals surface area contributed by atoms with E-state index >= 15 is 0 Å². The van der Waals surface area contributed by atoms with Crippen molar-refractivity contribution >= 4 is 28.3 Å². The Bertz CT molecular complexity index is 853. The predicted molar refractivity (Wildman–Crippen MR) is 115 cm³/mol. The van der Waals surface area contributed by atoms with Crippen molar-refractivity contribution in [3.63, 3.8) is 0 Å². The standard InChI is InChI=1S/C22H27ClN2O3S/c23-17-4-7-20(8-5-17)29(27)16-19-6-9-21(28-19)22(26)25-14-10-18(11-15-25)24-12-2-1-3-13-24/h4-9,18H,1-3,10-16H2/t29-/m0/s1. The lowest BCUT2D eigenvalue weighted by molar-refractivity contribution is 0.0561. The highest BCUT2D eigenvalue weighted by Gasteiger charge is 2.29. The summed E-state index contributed by atoms with van der Waals surface area (Å²) in [4.78, 5) is 18.0. The Balaban J connectivity index is 1.31. The Morgan fingerprint density at radius 3 is 2.38 bits per heavy atom. The van der Waals surface area contributed by atoms with E-state index in [4.69, 9.17) is 16.0 Å². The minimum absolute atomic E-state index is 0.0642. The van der Waals surface area contributed by atoms with Crippen LogP contribution in [0.3, 0.4) is 0 Å². The van der Waals surface area contributed by atoms with Gasteiger partial charge in [-0.3, -0.25) is 9.00 Å². The van der Waals surface area contributed by atoms with Crippen LogP contribution in [-0.4, -0.2) is 52.1 Å². The van der Waals surface area contributed by atoms with Gasteiger partial charge in [0, 0.05) is 29.0 Å². The minimum atomic E-state index is -1.24. The molecule has 29 heavy (non-hydrogen) atoms. The molecule has 2 aromatic rings. The van der Waals surface area contributed by atoms with Gasteiger partial charge in [0.2, 0.25) is 0 Å². The van der Waals surface area contributed by atoms with Gasteiger partial charge in [-0.15, -0.1) is 0 Å². The van der Waals surface area contributed by atoms with Crippen molar-refractivity contribution in [2.45, 2.75) is 48.8 Å². The van der Waals surface area contributed by atoms with E-state index in [1.807, 2.05) is 4.90 Å². The fourth-order valence-corrected chi connectivity index (χ4v) is 5.39. The SMILES string of the molecule is O=C(c1ccc(C[S@](=O)c2ccc(Cl)cc2)o1)N1CCC(N2CCCCC2)CC1. The number of carbonyl (C=O) groups excluding carboxylic acids is 1. The van der Waals surface area contributed by atoms with Crippen molar-refractivity contribution in [1.29, 1.82) is 0 Å². The molecule has 0 aliphatic carbocycles. The molecule has 2 fully saturated rings. The van der Waals surface area contributed by atoms with Gasteiger partial charge >= 0.3 is 0 Å². The number of rotatable bonds is 5. The van der Waals surface area contributed by atoms with Crippen LogP contribution in [0.25, 0.3) is 0 Å². The van der Waals surface area contributed by atoms with Crippen molar-refractivity contribution in [2.75, 3.05) is 26.2 Å². The smallest absolute Gasteiger partial charge is 0.289 e.